The van der Waals surface area contributed by atoms with Crippen molar-refractivity contribution in [2.45, 2.75) is 33.1 Å². The molecular weight excluding hydrogens is 268 g/mol. The smallest absolute Gasteiger partial charge is 0.195 e. The van der Waals surface area contributed by atoms with E-state index in [0.717, 1.165) is 22.6 Å². The number of allylic oxidation sites excluding steroid dienone is 1. The molecule has 0 saturated carbocycles. The van der Waals surface area contributed by atoms with Gasteiger partial charge in [-0.3, -0.25) is 9.48 Å². The summed E-state index contributed by atoms with van der Waals surface area (Å²) in [6.45, 7) is 6.31. The summed E-state index contributed by atoms with van der Waals surface area (Å²) in [4.78, 5) is 14.2. The van der Waals surface area contributed by atoms with Gasteiger partial charge < -0.3 is 0 Å². The van der Waals surface area contributed by atoms with Crippen LogP contribution in [0, 0.1) is 0 Å². The molecule has 2 aromatic rings. The van der Waals surface area contributed by atoms with Crippen molar-refractivity contribution in [3.63, 3.8) is 0 Å². The van der Waals surface area contributed by atoms with Crippen LogP contribution in [0.25, 0.3) is 6.08 Å². The molecular formula is C16H20N2OS. The molecule has 0 aliphatic heterocycles. The Balaban J connectivity index is 2.18. The second-order valence-electron chi connectivity index (χ2n) is 5.12. The van der Waals surface area contributed by atoms with Crippen molar-refractivity contribution in [2.24, 2.45) is 7.05 Å². The quantitative estimate of drug-likeness (QED) is 0.614. The second-order valence-corrected chi connectivity index (χ2v) is 6.28. The van der Waals surface area contributed by atoms with Crippen LogP contribution in [0.1, 0.15) is 52.5 Å². The Morgan fingerprint density at radius 1 is 1.45 bits per heavy atom. The number of aromatic nitrogens is 2. The van der Waals surface area contributed by atoms with Gasteiger partial charge in [0.2, 0.25) is 0 Å². The summed E-state index contributed by atoms with van der Waals surface area (Å²) in [6, 6.07) is 3.93. The molecule has 0 bridgehead atoms. The van der Waals surface area contributed by atoms with Crippen LogP contribution >= 0.6 is 11.3 Å². The Morgan fingerprint density at radius 3 is 2.80 bits per heavy atom. The zero-order valence-corrected chi connectivity index (χ0v) is 13.2. The van der Waals surface area contributed by atoms with Gasteiger partial charge in [0, 0.05) is 23.7 Å². The molecule has 2 heterocycles. The van der Waals surface area contributed by atoms with Gasteiger partial charge >= 0.3 is 0 Å². The predicted molar refractivity (Wildman–Crippen MR) is 84.4 cm³/mol. The molecule has 106 valence electrons. The van der Waals surface area contributed by atoms with Crippen molar-refractivity contribution < 1.29 is 4.79 Å². The molecule has 0 unspecified atom stereocenters. The lowest BCUT2D eigenvalue weighted by molar-refractivity contribution is 0.105. The van der Waals surface area contributed by atoms with Crippen LogP contribution < -0.4 is 0 Å². The molecule has 20 heavy (non-hydrogen) atoms. The van der Waals surface area contributed by atoms with Gasteiger partial charge in [0.1, 0.15) is 0 Å². The Bertz CT molecular complexity index is 635. The minimum absolute atomic E-state index is 0.0632. The van der Waals surface area contributed by atoms with Crippen LogP contribution in [0.5, 0.6) is 0 Å². The largest absolute Gasteiger partial charge is 0.288 e. The number of carbonyl (C=O) groups excluding carboxylic acids is 1. The molecule has 0 N–H and O–H groups in total. The molecule has 3 nitrogen and oxygen atoms in total. The van der Waals surface area contributed by atoms with E-state index in [2.05, 4.69) is 25.9 Å². The zero-order valence-electron chi connectivity index (χ0n) is 12.4. The summed E-state index contributed by atoms with van der Waals surface area (Å²) in [5, 5.41) is 4.43. The van der Waals surface area contributed by atoms with E-state index in [0.29, 0.717) is 5.92 Å². The Morgan fingerprint density at radius 2 is 2.20 bits per heavy atom. The van der Waals surface area contributed by atoms with Crippen molar-refractivity contribution in [3.8, 4) is 0 Å². The minimum Gasteiger partial charge on any atom is -0.288 e. The van der Waals surface area contributed by atoms with Crippen LogP contribution in [-0.2, 0) is 13.5 Å². The highest BCUT2D eigenvalue weighted by Gasteiger charge is 2.10. The maximum Gasteiger partial charge on any atom is 0.195 e. The first-order valence-corrected chi connectivity index (χ1v) is 7.67. The maximum atomic E-state index is 12.1. The normalized spacial score (nSPS) is 11.7. The first-order valence-electron chi connectivity index (χ1n) is 6.86. The topological polar surface area (TPSA) is 34.9 Å². The van der Waals surface area contributed by atoms with Crippen molar-refractivity contribution in [1.82, 2.24) is 9.78 Å². The van der Waals surface area contributed by atoms with Crippen molar-refractivity contribution in [3.05, 3.63) is 45.4 Å². The molecule has 0 aliphatic rings. The van der Waals surface area contributed by atoms with Crippen molar-refractivity contribution in [2.75, 3.05) is 0 Å². The summed E-state index contributed by atoms with van der Waals surface area (Å²) in [6.07, 6.45) is 6.44. The summed E-state index contributed by atoms with van der Waals surface area (Å²) >= 11 is 1.57. The standard InChI is InChI=1S/C16H20N2OS/c1-5-13-7-9-15(20-13)14(19)8-6-12-10-18(4)17-16(12)11(2)3/h6-11H,5H2,1-4H3/b8-6+. The van der Waals surface area contributed by atoms with E-state index in [4.69, 9.17) is 0 Å². The Kier molecular flexibility index (Phi) is 4.55. The van der Waals surface area contributed by atoms with Crippen LogP contribution in [0.2, 0.25) is 0 Å². The second kappa shape index (κ2) is 6.18. The molecule has 0 aliphatic carbocycles. The number of ketones is 1. The van der Waals surface area contributed by atoms with Gasteiger partial charge in [0.15, 0.2) is 5.78 Å². The zero-order chi connectivity index (χ0) is 14.7. The van der Waals surface area contributed by atoms with E-state index >= 15 is 0 Å². The van der Waals surface area contributed by atoms with E-state index in [-0.39, 0.29) is 5.78 Å². The average Bonchev–Trinajstić information content (AvgIpc) is 3.02. The van der Waals surface area contributed by atoms with Gasteiger partial charge in [0.05, 0.1) is 10.6 Å². The fourth-order valence-electron chi connectivity index (χ4n) is 2.05. The average molecular weight is 288 g/mol. The highest BCUT2D eigenvalue weighted by Crippen LogP contribution is 2.21. The number of hydrogen-bond donors (Lipinski definition) is 0. The first kappa shape index (κ1) is 14.7. The van der Waals surface area contributed by atoms with E-state index < -0.39 is 0 Å². The molecule has 0 aromatic carbocycles. The molecule has 0 radical (unpaired) electrons. The molecule has 0 spiro atoms. The van der Waals surface area contributed by atoms with E-state index in [1.54, 1.807) is 22.1 Å². The fourth-order valence-corrected chi connectivity index (χ4v) is 2.92. The molecule has 4 heteroatoms. The number of thiophene rings is 1. The van der Waals surface area contributed by atoms with Gasteiger partial charge in [0.25, 0.3) is 0 Å². The molecule has 2 aromatic heterocycles. The first-order chi connectivity index (χ1) is 9.51. The van der Waals surface area contributed by atoms with Gasteiger partial charge in [-0.05, 0) is 36.6 Å². The van der Waals surface area contributed by atoms with E-state index in [1.807, 2.05) is 31.5 Å². The summed E-state index contributed by atoms with van der Waals surface area (Å²) in [5.41, 5.74) is 2.04. The third kappa shape index (κ3) is 3.25. The highest BCUT2D eigenvalue weighted by molar-refractivity contribution is 7.14. The van der Waals surface area contributed by atoms with Crippen LogP contribution in [-0.4, -0.2) is 15.6 Å². The van der Waals surface area contributed by atoms with Crippen molar-refractivity contribution in [1.29, 1.82) is 0 Å². The molecule has 0 atom stereocenters. The summed E-state index contributed by atoms with van der Waals surface area (Å²) in [7, 11) is 1.90. The van der Waals surface area contributed by atoms with Gasteiger partial charge in [-0.2, -0.15) is 5.10 Å². The van der Waals surface area contributed by atoms with Gasteiger partial charge in [-0.25, -0.2) is 0 Å². The molecule has 0 amide bonds. The molecule has 0 saturated heterocycles. The number of carbonyl (C=O) groups is 1. The van der Waals surface area contributed by atoms with Crippen molar-refractivity contribution >= 4 is 23.2 Å². The fraction of sp³-hybridized carbons (Fsp3) is 0.375. The Labute approximate surface area is 123 Å². The predicted octanol–water partition coefficient (Wildman–Crippen LogP) is 4.06. The van der Waals surface area contributed by atoms with E-state index in [9.17, 15) is 4.79 Å². The SMILES string of the molecule is CCc1ccc(C(=O)/C=C/c2cn(C)nc2C(C)C)s1. The third-order valence-electron chi connectivity index (χ3n) is 3.10. The van der Waals surface area contributed by atoms with Crippen LogP contribution in [0.15, 0.2) is 24.4 Å². The lowest BCUT2D eigenvalue weighted by Crippen LogP contribution is -1.94. The minimum atomic E-state index is 0.0632. The lowest BCUT2D eigenvalue weighted by atomic mass is 10.1. The molecule has 0 fully saturated rings. The number of hydrogen-bond acceptors (Lipinski definition) is 3. The van der Waals surface area contributed by atoms with Gasteiger partial charge in [-0.15, -0.1) is 11.3 Å². The van der Waals surface area contributed by atoms with Crippen LogP contribution in [0.4, 0.5) is 0 Å². The number of aryl methyl sites for hydroxylation is 2. The van der Waals surface area contributed by atoms with E-state index in [1.165, 1.54) is 4.88 Å². The molecule has 2 rings (SSSR count). The third-order valence-corrected chi connectivity index (χ3v) is 4.35. The maximum absolute atomic E-state index is 12.1. The summed E-state index contributed by atoms with van der Waals surface area (Å²) < 4.78 is 1.79. The number of rotatable bonds is 5. The number of nitrogens with zero attached hydrogens (tertiary/aromatic N) is 2. The Hall–Kier alpha value is -1.68. The summed E-state index contributed by atoms with van der Waals surface area (Å²) in [5.74, 6) is 0.410. The lowest BCUT2D eigenvalue weighted by Gasteiger charge is -2.00. The highest BCUT2D eigenvalue weighted by atomic mass is 32.1. The van der Waals surface area contributed by atoms with Gasteiger partial charge in [-0.1, -0.05) is 20.8 Å². The van der Waals surface area contributed by atoms with Crippen LogP contribution in [0.3, 0.4) is 0 Å². The monoisotopic (exact) mass is 288 g/mol.